The molecule has 0 amide bonds. The maximum Gasteiger partial charge on any atom is 0.150 e. The molecule has 1 aliphatic carbocycles. The van der Waals surface area contributed by atoms with Crippen LogP contribution in [-0.4, -0.2) is 95.8 Å². The second kappa shape index (κ2) is 14.4. The van der Waals surface area contributed by atoms with E-state index in [0.717, 1.165) is 39.0 Å². The SMILES string of the molecule is BC(B)(B)C(B)(O)c1nc2ccccc2n1-c1ccc(-c2ccc(-c3c4ccccc4c(-c4ccc5c(c4)C(C(B)(B)B)(C(B)(B)O)c4ccccc4-5)c4ccccc34)cc2)cc1. The summed E-state index contributed by atoms with van der Waals surface area (Å²) in [5, 5.41) is 27.2. The van der Waals surface area contributed by atoms with Crippen molar-refractivity contribution in [3.63, 3.8) is 0 Å². The first-order valence-electron chi connectivity index (χ1n) is 22.3. The van der Waals surface area contributed by atoms with E-state index in [2.05, 4.69) is 174 Å². The van der Waals surface area contributed by atoms with E-state index < -0.39 is 21.4 Å². The van der Waals surface area contributed by atoms with Crippen LogP contribution in [0.5, 0.6) is 0 Å². The summed E-state index contributed by atoms with van der Waals surface area (Å²) in [4.78, 5) is 4.96. The van der Waals surface area contributed by atoms with Crippen molar-refractivity contribution in [1.29, 1.82) is 0 Å². The van der Waals surface area contributed by atoms with E-state index in [4.69, 9.17) is 4.98 Å². The second-order valence-electron chi connectivity index (χ2n) is 20.4. The van der Waals surface area contributed by atoms with Crippen molar-refractivity contribution in [2.75, 3.05) is 0 Å². The van der Waals surface area contributed by atoms with Gasteiger partial charge in [-0.25, -0.2) is 4.98 Å². The number of para-hydroxylation sites is 2. The molecule has 9 aromatic rings. The highest BCUT2D eigenvalue weighted by Gasteiger charge is 2.58. The Hall–Kier alpha value is -5.75. The van der Waals surface area contributed by atoms with Gasteiger partial charge >= 0.3 is 0 Å². The molecule has 63 heavy (non-hydrogen) atoms. The van der Waals surface area contributed by atoms with Crippen molar-refractivity contribution in [3.8, 4) is 50.2 Å². The van der Waals surface area contributed by atoms with Crippen LogP contribution in [0.4, 0.5) is 0 Å². The summed E-state index contributed by atoms with van der Waals surface area (Å²) < 4.78 is 2.10. The molecule has 0 saturated heterocycles. The first-order chi connectivity index (χ1) is 29.9. The maximum atomic E-state index is 12.3. The van der Waals surface area contributed by atoms with E-state index in [1.807, 2.05) is 65.3 Å². The minimum absolute atomic E-state index is 0.292. The van der Waals surface area contributed by atoms with Gasteiger partial charge in [-0.05, 0) is 108 Å². The maximum absolute atomic E-state index is 12.3. The molecular formula is C50H47B9N2O2. The molecular weight excluding hydrogens is 758 g/mol. The van der Waals surface area contributed by atoms with Crippen LogP contribution in [0.15, 0.2) is 164 Å². The van der Waals surface area contributed by atoms with Crippen molar-refractivity contribution >= 4 is 103 Å². The first-order valence-corrected chi connectivity index (χ1v) is 22.3. The Bertz CT molecular complexity index is 3200. The van der Waals surface area contributed by atoms with Crippen LogP contribution in [0.2, 0.25) is 10.2 Å². The topological polar surface area (TPSA) is 58.3 Å². The van der Waals surface area contributed by atoms with Crippen LogP contribution in [0, 0.1) is 0 Å². The lowest BCUT2D eigenvalue weighted by Gasteiger charge is -2.53. The second-order valence-corrected chi connectivity index (χ2v) is 20.4. The molecule has 13 heteroatoms. The zero-order chi connectivity index (χ0) is 44.3. The van der Waals surface area contributed by atoms with E-state index >= 15 is 0 Å². The van der Waals surface area contributed by atoms with Gasteiger partial charge in [0.15, 0.2) is 7.85 Å². The summed E-state index contributed by atoms with van der Waals surface area (Å²) in [6.45, 7) is 0. The summed E-state index contributed by atoms with van der Waals surface area (Å²) in [7, 11) is 18.8. The molecule has 0 fully saturated rings. The Kier molecular flexibility index (Phi) is 9.43. The number of hydrogen-bond acceptors (Lipinski definition) is 3. The lowest BCUT2D eigenvalue weighted by molar-refractivity contribution is 0.118. The summed E-state index contributed by atoms with van der Waals surface area (Å²) in [6, 6.07) is 58.9. The molecule has 296 valence electrons. The van der Waals surface area contributed by atoms with Gasteiger partial charge in [-0.2, -0.15) is 0 Å². The summed E-state index contributed by atoms with van der Waals surface area (Å²) in [6.07, 6.45) is 0. The van der Waals surface area contributed by atoms with Crippen molar-refractivity contribution in [3.05, 3.63) is 181 Å². The Labute approximate surface area is 378 Å². The first kappa shape index (κ1) is 41.3. The van der Waals surface area contributed by atoms with E-state index in [1.54, 1.807) is 0 Å². The third-order valence-corrected chi connectivity index (χ3v) is 14.4. The lowest BCUT2D eigenvalue weighted by atomic mass is 9.24. The average molecular weight is 805 g/mol. The molecule has 1 aromatic heterocycles. The fourth-order valence-electron chi connectivity index (χ4n) is 11.2. The highest BCUT2D eigenvalue weighted by Crippen LogP contribution is 2.61. The van der Waals surface area contributed by atoms with Gasteiger partial charge in [0.2, 0.25) is 0 Å². The zero-order valence-corrected chi connectivity index (χ0v) is 37.9. The molecule has 4 nitrogen and oxygen atoms in total. The van der Waals surface area contributed by atoms with Gasteiger partial charge in [0.25, 0.3) is 0 Å². The normalized spacial score (nSPS) is 16.2. The minimum atomic E-state index is -1.17. The number of hydrogen-bond donors (Lipinski definition) is 2. The molecule has 1 heterocycles. The molecule has 0 radical (unpaired) electrons. The standard InChI is InChI=1S/C50H47B9N2O2/c51-47(62,49(55,56)57)45-60-41-15-7-8-16-42(41)61(45)32-24-21-29(22-25-32)28-17-19-30(20-18-28)43-35-10-1-3-12-37(35)44(38-13-4-2-11-36(38)43)31-23-26-34-33-9-5-6-14-39(33)46(40(34)27-31,48(52,53)54)50(58,59)63/h1-27,62-63H,51-59H2. The van der Waals surface area contributed by atoms with E-state index in [9.17, 15) is 10.2 Å². The van der Waals surface area contributed by atoms with Crippen molar-refractivity contribution < 1.29 is 10.2 Å². The van der Waals surface area contributed by atoms with Gasteiger partial charge in [-0.15, -0.1) is 0 Å². The van der Waals surface area contributed by atoms with Crippen LogP contribution in [0.1, 0.15) is 17.0 Å². The van der Waals surface area contributed by atoms with Crippen LogP contribution in [0.3, 0.4) is 0 Å². The van der Waals surface area contributed by atoms with Crippen molar-refractivity contribution in [1.82, 2.24) is 9.55 Å². The number of rotatable bonds is 8. The molecule has 2 unspecified atom stereocenters. The van der Waals surface area contributed by atoms with Crippen molar-refractivity contribution in [2.45, 2.75) is 26.5 Å². The number of nitrogens with zero attached hydrogens (tertiary/aromatic N) is 2. The zero-order valence-electron chi connectivity index (χ0n) is 37.9. The number of imidazole rings is 1. The van der Waals surface area contributed by atoms with E-state index in [1.165, 1.54) is 54.9 Å². The van der Waals surface area contributed by atoms with E-state index in [0.29, 0.717) is 5.82 Å². The van der Waals surface area contributed by atoms with Gasteiger partial charge < -0.3 is 10.2 Å². The third kappa shape index (κ3) is 6.14. The van der Waals surface area contributed by atoms with Crippen LogP contribution >= 0.6 is 0 Å². The van der Waals surface area contributed by atoms with Crippen LogP contribution in [-0.2, 0) is 10.9 Å². The van der Waals surface area contributed by atoms with Gasteiger partial charge in [0, 0.05) is 16.5 Å². The molecule has 1 aliphatic rings. The minimum Gasteiger partial charge on any atom is -0.406 e. The third-order valence-electron chi connectivity index (χ3n) is 14.4. The highest BCUT2D eigenvalue weighted by molar-refractivity contribution is 6.62. The Morgan fingerprint density at radius 2 is 0.921 bits per heavy atom. The molecule has 10 rings (SSSR count). The molecule has 2 N–H and O–H groups in total. The molecule has 8 aromatic carbocycles. The number of benzene rings is 8. The summed E-state index contributed by atoms with van der Waals surface area (Å²) in [5.41, 5.74) is 12.7. The number of fused-ring (bicyclic) bond motifs is 6. The number of aromatic nitrogens is 2. The molecule has 2 atom stereocenters. The lowest BCUT2D eigenvalue weighted by Crippen LogP contribution is -2.60. The summed E-state index contributed by atoms with van der Waals surface area (Å²) in [5.74, 6) is 0.632. The van der Waals surface area contributed by atoms with Gasteiger partial charge in [-0.3, -0.25) is 4.57 Å². The summed E-state index contributed by atoms with van der Waals surface area (Å²) >= 11 is 0. The number of aliphatic hydroxyl groups is 2. The molecule has 0 saturated carbocycles. The van der Waals surface area contributed by atoms with Crippen LogP contribution < -0.4 is 0 Å². The Morgan fingerprint density at radius 3 is 1.48 bits per heavy atom. The molecule has 0 aliphatic heterocycles. The molecule has 0 spiro atoms. The monoisotopic (exact) mass is 806 g/mol. The predicted octanol–water partition coefficient (Wildman–Crippen LogP) is 2.24. The highest BCUT2D eigenvalue weighted by atomic mass is 16.3. The van der Waals surface area contributed by atoms with Crippen molar-refractivity contribution in [2.24, 2.45) is 0 Å². The van der Waals surface area contributed by atoms with Gasteiger partial charge in [-0.1, -0.05) is 144 Å². The fraction of sp³-hybridized carbons (Fsp3) is 0.100. The molecule has 0 bridgehead atoms. The van der Waals surface area contributed by atoms with Gasteiger partial charge in [0.05, 0.1) is 63.6 Å². The quantitative estimate of drug-likeness (QED) is 0.183. The van der Waals surface area contributed by atoms with Gasteiger partial charge in [0.1, 0.15) is 21.5 Å². The van der Waals surface area contributed by atoms with E-state index in [-0.39, 0.29) is 5.11 Å². The fourth-order valence-corrected chi connectivity index (χ4v) is 11.2. The predicted molar refractivity (Wildman–Crippen MR) is 290 cm³/mol. The average Bonchev–Trinajstić information content (AvgIpc) is 3.80. The largest absolute Gasteiger partial charge is 0.406 e. The Balaban J connectivity index is 1.08. The Morgan fingerprint density at radius 1 is 0.460 bits per heavy atom. The van der Waals surface area contributed by atoms with Crippen LogP contribution in [0.25, 0.3) is 82.8 Å². The smallest absolute Gasteiger partial charge is 0.150 e.